The van der Waals surface area contributed by atoms with Crippen LogP contribution in [0, 0.1) is 0 Å². The van der Waals surface area contributed by atoms with Crippen LogP contribution in [0.25, 0.3) is 0 Å². The van der Waals surface area contributed by atoms with Crippen LogP contribution in [0.2, 0.25) is 0 Å². The van der Waals surface area contributed by atoms with Crippen LogP contribution >= 0.6 is 15.9 Å². The molecule has 22 heavy (non-hydrogen) atoms. The van der Waals surface area contributed by atoms with Crippen molar-refractivity contribution in [3.05, 3.63) is 70.2 Å². The van der Waals surface area contributed by atoms with Crippen LogP contribution in [0.5, 0.6) is 0 Å². The molecule has 0 aliphatic rings. The Balaban J connectivity index is 1.84. The van der Waals surface area contributed by atoms with Gasteiger partial charge in [0.15, 0.2) is 0 Å². The summed E-state index contributed by atoms with van der Waals surface area (Å²) in [6.45, 7) is 1.86. The lowest BCUT2D eigenvalue weighted by Crippen LogP contribution is -2.47. The van der Waals surface area contributed by atoms with Gasteiger partial charge in [-0.05, 0) is 36.8 Å². The van der Waals surface area contributed by atoms with Gasteiger partial charge in [0.25, 0.3) is 5.91 Å². The van der Waals surface area contributed by atoms with E-state index in [0.29, 0.717) is 5.56 Å². The lowest BCUT2D eigenvalue weighted by molar-refractivity contribution is 0.0936. The Morgan fingerprint density at radius 3 is 2.41 bits per heavy atom. The fourth-order valence-corrected chi connectivity index (χ4v) is 2.28. The normalized spacial score (nSPS) is 11.4. The van der Waals surface area contributed by atoms with Gasteiger partial charge in [-0.15, -0.1) is 0 Å². The van der Waals surface area contributed by atoms with Gasteiger partial charge in [0.05, 0.1) is 6.04 Å². The molecule has 1 unspecified atom stereocenters. The fourth-order valence-electron chi connectivity index (χ4n) is 1.87. The van der Waals surface area contributed by atoms with E-state index in [2.05, 4.69) is 32.1 Å². The summed E-state index contributed by atoms with van der Waals surface area (Å²) in [4.78, 5) is 23.6. The molecular weight excluding hydrogens is 346 g/mol. The lowest BCUT2D eigenvalue weighted by Gasteiger charge is -2.15. The minimum atomic E-state index is -0.475. The molecule has 0 saturated heterocycles. The van der Waals surface area contributed by atoms with Gasteiger partial charge in [-0.3, -0.25) is 10.2 Å². The minimum Gasteiger partial charge on any atom is -0.330 e. The molecule has 5 nitrogen and oxygen atoms in total. The molecule has 114 valence electrons. The van der Waals surface area contributed by atoms with Crippen LogP contribution < -0.4 is 16.2 Å². The zero-order valence-electron chi connectivity index (χ0n) is 12.0. The molecule has 0 fully saturated rings. The first-order valence-electron chi connectivity index (χ1n) is 6.73. The van der Waals surface area contributed by atoms with Crippen molar-refractivity contribution in [2.24, 2.45) is 0 Å². The van der Waals surface area contributed by atoms with Crippen LogP contribution in [0.4, 0.5) is 4.79 Å². The molecule has 0 aromatic heterocycles. The molecule has 0 aliphatic heterocycles. The zero-order valence-corrected chi connectivity index (χ0v) is 13.6. The molecule has 3 N–H and O–H groups in total. The smallest absolute Gasteiger partial charge is 0.330 e. The molecule has 0 saturated carbocycles. The van der Waals surface area contributed by atoms with E-state index < -0.39 is 6.03 Å². The van der Waals surface area contributed by atoms with E-state index in [0.717, 1.165) is 10.0 Å². The van der Waals surface area contributed by atoms with Gasteiger partial charge in [-0.2, -0.15) is 0 Å². The first-order valence-corrected chi connectivity index (χ1v) is 7.53. The molecule has 0 bridgehead atoms. The number of benzene rings is 2. The van der Waals surface area contributed by atoms with Crippen LogP contribution in [0.3, 0.4) is 0 Å². The number of hydrogen-bond acceptors (Lipinski definition) is 2. The van der Waals surface area contributed by atoms with E-state index >= 15 is 0 Å². The number of hydrogen-bond donors (Lipinski definition) is 3. The van der Waals surface area contributed by atoms with Crippen molar-refractivity contribution in [3.8, 4) is 0 Å². The van der Waals surface area contributed by atoms with Gasteiger partial charge < -0.3 is 5.32 Å². The predicted molar refractivity (Wildman–Crippen MR) is 88.1 cm³/mol. The number of hydrazine groups is 1. The molecule has 2 aromatic carbocycles. The molecular formula is C16H16BrN3O2. The monoisotopic (exact) mass is 361 g/mol. The Labute approximate surface area is 137 Å². The summed E-state index contributed by atoms with van der Waals surface area (Å²) in [7, 11) is 0. The third kappa shape index (κ3) is 4.60. The van der Waals surface area contributed by atoms with Gasteiger partial charge in [0.2, 0.25) is 0 Å². The lowest BCUT2D eigenvalue weighted by atomic mass is 10.1. The number of rotatable bonds is 3. The highest BCUT2D eigenvalue weighted by atomic mass is 79.9. The highest BCUT2D eigenvalue weighted by Gasteiger charge is 2.11. The van der Waals surface area contributed by atoms with E-state index in [4.69, 9.17) is 0 Å². The fraction of sp³-hybridized carbons (Fsp3) is 0.125. The maximum Gasteiger partial charge on any atom is 0.333 e. The quantitative estimate of drug-likeness (QED) is 0.734. The standard InChI is InChI=1S/C16H16BrN3O2/c1-11(13-8-5-9-14(17)10-13)18-16(22)20-19-15(21)12-6-3-2-4-7-12/h2-11H,1H3,(H,19,21)(H2,18,20,22). The van der Waals surface area contributed by atoms with E-state index in [1.165, 1.54) is 0 Å². The summed E-state index contributed by atoms with van der Waals surface area (Å²) in [6.07, 6.45) is 0. The van der Waals surface area contributed by atoms with Crippen LogP contribution in [-0.4, -0.2) is 11.9 Å². The predicted octanol–water partition coefficient (Wildman–Crippen LogP) is 3.15. The molecule has 6 heteroatoms. The Bertz CT molecular complexity index is 661. The highest BCUT2D eigenvalue weighted by molar-refractivity contribution is 9.10. The van der Waals surface area contributed by atoms with Gasteiger partial charge >= 0.3 is 6.03 Å². The number of nitrogens with one attached hydrogen (secondary N) is 3. The molecule has 0 radical (unpaired) electrons. The molecule has 2 aromatic rings. The zero-order chi connectivity index (χ0) is 15.9. The Morgan fingerprint density at radius 2 is 1.73 bits per heavy atom. The van der Waals surface area contributed by atoms with E-state index in [1.54, 1.807) is 24.3 Å². The van der Waals surface area contributed by atoms with Crippen LogP contribution in [0.1, 0.15) is 28.9 Å². The van der Waals surface area contributed by atoms with Crippen molar-refractivity contribution < 1.29 is 9.59 Å². The average molecular weight is 362 g/mol. The summed E-state index contributed by atoms with van der Waals surface area (Å²) >= 11 is 3.39. The maximum atomic E-state index is 11.8. The topological polar surface area (TPSA) is 70.2 Å². The van der Waals surface area contributed by atoms with Gasteiger partial charge in [0, 0.05) is 10.0 Å². The number of halogens is 1. The molecule has 0 spiro atoms. The molecule has 1 atom stereocenters. The second-order valence-electron chi connectivity index (χ2n) is 4.70. The number of carbonyl (C=O) groups excluding carboxylic acids is 2. The largest absolute Gasteiger partial charge is 0.333 e. The van der Waals surface area contributed by atoms with Crippen molar-refractivity contribution in [1.29, 1.82) is 0 Å². The molecule has 0 aliphatic carbocycles. The summed E-state index contributed by atoms with van der Waals surface area (Å²) in [5.74, 6) is -0.370. The average Bonchev–Trinajstić information content (AvgIpc) is 2.53. The Kier molecular flexibility index (Phi) is 5.55. The van der Waals surface area contributed by atoms with Crippen LogP contribution in [0.15, 0.2) is 59.1 Å². The number of carbonyl (C=O) groups is 2. The summed E-state index contributed by atoms with van der Waals surface area (Å²) in [5.41, 5.74) is 6.12. The first kappa shape index (κ1) is 16.0. The van der Waals surface area contributed by atoms with Crippen molar-refractivity contribution in [2.75, 3.05) is 0 Å². The van der Waals surface area contributed by atoms with E-state index in [1.807, 2.05) is 37.3 Å². The first-order chi connectivity index (χ1) is 10.6. The highest BCUT2D eigenvalue weighted by Crippen LogP contribution is 2.17. The summed E-state index contributed by atoms with van der Waals surface area (Å²) in [6, 6.07) is 15.6. The molecule has 0 heterocycles. The van der Waals surface area contributed by atoms with Gasteiger partial charge in [-0.25, -0.2) is 10.2 Å². The maximum absolute atomic E-state index is 11.8. The van der Waals surface area contributed by atoms with E-state index in [-0.39, 0.29) is 11.9 Å². The Hall–Kier alpha value is -2.34. The van der Waals surface area contributed by atoms with Crippen molar-refractivity contribution in [1.82, 2.24) is 16.2 Å². The van der Waals surface area contributed by atoms with Crippen LogP contribution in [-0.2, 0) is 0 Å². The van der Waals surface area contributed by atoms with Crippen molar-refractivity contribution in [2.45, 2.75) is 13.0 Å². The SMILES string of the molecule is CC(NC(=O)NNC(=O)c1ccccc1)c1cccc(Br)c1. The second-order valence-corrected chi connectivity index (χ2v) is 5.61. The Morgan fingerprint density at radius 1 is 1.00 bits per heavy atom. The number of urea groups is 1. The molecule has 2 rings (SSSR count). The van der Waals surface area contributed by atoms with E-state index in [9.17, 15) is 9.59 Å². The van der Waals surface area contributed by atoms with Gasteiger partial charge in [0.1, 0.15) is 0 Å². The van der Waals surface area contributed by atoms with Gasteiger partial charge in [-0.1, -0.05) is 46.3 Å². The third-order valence-corrected chi connectivity index (χ3v) is 3.52. The summed E-state index contributed by atoms with van der Waals surface area (Å²) in [5, 5.41) is 2.74. The third-order valence-electron chi connectivity index (χ3n) is 3.02. The minimum absolute atomic E-state index is 0.189. The second kappa shape index (κ2) is 7.61. The number of amides is 3. The summed E-state index contributed by atoms with van der Waals surface area (Å²) < 4.78 is 0.941. The van der Waals surface area contributed by atoms with Crippen molar-refractivity contribution >= 4 is 27.9 Å². The van der Waals surface area contributed by atoms with Crippen molar-refractivity contribution in [3.63, 3.8) is 0 Å². The molecule has 3 amide bonds.